The zero-order chi connectivity index (χ0) is 18.8. The summed E-state index contributed by atoms with van der Waals surface area (Å²) in [6.07, 6.45) is 0. The molecule has 0 aliphatic rings. The summed E-state index contributed by atoms with van der Waals surface area (Å²) in [4.78, 5) is 25.0. The Kier molecular flexibility index (Phi) is 8.77. The summed E-state index contributed by atoms with van der Waals surface area (Å²) in [7, 11) is 3.19. The molecule has 3 N–H and O–H groups in total. The first kappa shape index (κ1) is 20.8. The standard InChI is InChI=1S/C18H29N3O4/c1-6-19-17(22)11-21(7-2)12-18(23)20-13(3)15-10-14(24-4)8-9-16(15)25-5/h8-10,13H,6-7,11-12H2,1-5H3,(H,19,22)(H,20,23)/p+1/t13-/m1/s1. The summed E-state index contributed by atoms with van der Waals surface area (Å²) in [6, 6.07) is 5.24. The van der Waals surface area contributed by atoms with E-state index in [1.165, 1.54) is 0 Å². The van der Waals surface area contributed by atoms with E-state index in [2.05, 4.69) is 10.6 Å². The molecule has 0 spiro atoms. The van der Waals surface area contributed by atoms with Crippen molar-refractivity contribution in [2.45, 2.75) is 26.8 Å². The van der Waals surface area contributed by atoms with E-state index in [1.807, 2.05) is 39.0 Å². The van der Waals surface area contributed by atoms with Crippen LogP contribution in [-0.2, 0) is 9.59 Å². The number of amides is 2. The van der Waals surface area contributed by atoms with Gasteiger partial charge in [-0.05, 0) is 39.0 Å². The largest absolute Gasteiger partial charge is 0.497 e. The van der Waals surface area contributed by atoms with Crippen LogP contribution < -0.4 is 25.0 Å². The second-order valence-corrected chi connectivity index (χ2v) is 5.81. The lowest BCUT2D eigenvalue weighted by molar-refractivity contribution is -0.881. The van der Waals surface area contributed by atoms with Gasteiger partial charge in [-0.2, -0.15) is 0 Å². The number of ether oxygens (including phenoxy) is 2. The van der Waals surface area contributed by atoms with E-state index >= 15 is 0 Å². The Bertz CT molecular complexity index is 577. The van der Waals surface area contributed by atoms with Crippen molar-refractivity contribution in [2.75, 3.05) is 40.4 Å². The van der Waals surface area contributed by atoms with E-state index < -0.39 is 0 Å². The third-order valence-corrected chi connectivity index (χ3v) is 3.98. The number of carbonyl (C=O) groups excluding carboxylic acids is 2. The van der Waals surface area contributed by atoms with Crippen LogP contribution in [-0.4, -0.2) is 52.2 Å². The third kappa shape index (κ3) is 6.62. The van der Waals surface area contributed by atoms with Crippen molar-refractivity contribution in [2.24, 2.45) is 0 Å². The highest BCUT2D eigenvalue weighted by Crippen LogP contribution is 2.29. The summed E-state index contributed by atoms with van der Waals surface area (Å²) < 4.78 is 10.6. The molecular weight excluding hydrogens is 322 g/mol. The summed E-state index contributed by atoms with van der Waals surface area (Å²) in [6.45, 7) is 7.54. The van der Waals surface area contributed by atoms with Gasteiger partial charge < -0.3 is 25.0 Å². The van der Waals surface area contributed by atoms with Crippen molar-refractivity contribution >= 4 is 11.8 Å². The van der Waals surface area contributed by atoms with E-state index in [-0.39, 0.29) is 30.9 Å². The first-order valence-corrected chi connectivity index (χ1v) is 8.56. The quantitative estimate of drug-likeness (QED) is 0.550. The summed E-state index contributed by atoms with van der Waals surface area (Å²) >= 11 is 0. The zero-order valence-electron chi connectivity index (χ0n) is 15.8. The molecule has 1 aromatic rings. The lowest BCUT2D eigenvalue weighted by atomic mass is 10.1. The van der Waals surface area contributed by atoms with E-state index in [0.29, 0.717) is 24.6 Å². The van der Waals surface area contributed by atoms with E-state index in [4.69, 9.17) is 9.47 Å². The number of nitrogens with one attached hydrogen (secondary N) is 3. The van der Waals surface area contributed by atoms with Gasteiger partial charge in [-0.1, -0.05) is 0 Å². The Labute approximate surface area is 149 Å². The van der Waals surface area contributed by atoms with Gasteiger partial charge in [0.05, 0.1) is 26.8 Å². The minimum absolute atomic E-state index is 0.0466. The van der Waals surface area contributed by atoms with Crippen molar-refractivity contribution < 1.29 is 24.0 Å². The molecule has 7 nitrogen and oxygen atoms in total. The van der Waals surface area contributed by atoms with E-state index in [9.17, 15) is 9.59 Å². The van der Waals surface area contributed by atoms with Crippen LogP contribution in [0.25, 0.3) is 0 Å². The summed E-state index contributed by atoms with van der Waals surface area (Å²) in [5.41, 5.74) is 0.844. The van der Waals surface area contributed by atoms with Crippen LogP contribution in [0.1, 0.15) is 32.4 Å². The lowest BCUT2D eigenvalue weighted by Gasteiger charge is -2.20. The van der Waals surface area contributed by atoms with Crippen LogP contribution >= 0.6 is 0 Å². The SMILES string of the molecule is CCNC(=O)C[NH+](CC)CC(=O)N[C@H](C)c1cc(OC)ccc1OC. The zero-order valence-corrected chi connectivity index (χ0v) is 15.8. The van der Waals surface area contributed by atoms with Gasteiger partial charge >= 0.3 is 0 Å². The number of quaternary nitrogens is 1. The summed E-state index contributed by atoms with van der Waals surface area (Å²) in [5.74, 6) is 1.23. The topological polar surface area (TPSA) is 81.1 Å². The molecule has 0 aliphatic carbocycles. The molecule has 0 fully saturated rings. The second-order valence-electron chi connectivity index (χ2n) is 5.81. The van der Waals surface area contributed by atoms with Gasteiger partial charge in [-0.25, -0.2) is 0 Å². The van der Waals surface area contributed by atoms with Crippen LogP contribution in [0.3, 0.4) is 0 Å². The van der Waals surface area contributed by atoms with Gasteiger partial charge in [0.2, 0.25) is 0 Å². The van der Waals surface area contributed by atoms with Crippen LogP contribution in [0.4, 0.5) is 0 Å². The number of likely N-dealkylation sites (N-methyl/N-ethyl adjacent to an activating group) is 2. The van der Waals surface area contributed by atoms with E-state index in [1.54, 1.807) is 14.2 Å². The predicted molar refractivity (Wildman–Crippen MR) is 96.0 cm³/mol. The Morgan fingerprint density at radius 1 is 1.12 bits per heavy atom. The molecule has 1 aromatic carbocycles. The molecule has 7 heteroatoms. The molecule has 25 heavy (non-hydrogen) atoms. The number of methoxy groups -OCH3 is 2. The molecule has 0 aromatic heterocycles. The molecule has 0 saturated carbocycles. The molecule has 2 amide bonds. The Morgan fingerprint density at radius 2 is 1.80 bits per heavy atom. The molecular formula is C18H30N3O4+. The van der Waals surface area contributed by atoms with Gasteiger partial charge in [0, 0.05) is 12.1 Å². The number of rotatable bonds is 10. The molecule has 1 unspecified atom stereocenters. The lowest BCUT2D eigenvalue weighted by Crippen LogP contribution is -3.14. The van der Waals surface area contributed by atoms with Crippen molar-refractivity contribution in [1.29, 1.82) is 0 Å². The fourth-order valence-electron chi connectivity index (χ4n) is 2.57. The molecule has 0 heterocycles. The van der Waals surface area contributed by atoms with Crippen molar-refractivity contribution in [3.8, 4) is 11.5 Å². The average molecular weight is 352 g/mol. The molecule has 1 rings (SSSR count). The van der Waals surface area contributed by atoms with Gasteiger partial charge in [-0.3, -0.25) is 9.59 Å². The maximum absolute atomic E-state index is 12.4. The molecule has 2 atom stereocenters. The molecule has 140 valence electrons. The van der Waals surface area contributed by atoms with Crippen molar-refractivity contribution in [3.63, 3.8) is 0 Å². The fraction of sp³-hybridized carbons (Fsp3) is 0.556. The highest BCUT2D eigenvalue weighted by atomic mass is 16.5. The van der Waals surface area contributed by atoms with Crippen molar-refractivity contribution in [1.82, 2.24) is 10.6 Å². The maximum Gasteiger partial charge on any atom is 0.275 e. The third-order valence-electron chi connectivity index (χ3n) is 3.98. The highest BCUT2D eigenvalue weighted by Gasteiger charge is 2.20. The van der Waals surface area contributed by atoms with Crippen LogP contribution in [0, 0.1) is 0 Å². The average Bonchev–Trinajstić information content (AvgIpc) is 2.60. The van der Waals surface area contributed by atoms with E-state index in [0.717, 1.165) is 10.5 Å². The Morgan fingerprint density at radius 3 is 2.36 bits per heavy atom. The number of carbonyl (C=O) groups is 2. The normalized spacial score (nSPS) is 12.8. The highest BCUT2D eigenvalue weighted by molar-refractivity contribution is 5.79. The maximum atomic E-state index is 12.4. The number of benzene rings is 1. The molecule has 0 radical (unpaired) electrons. The Hall–Kier alpha value is -2.28. The van der Waals surface area contributed by atoms with Gasteiger partial charge in [0.1, 0.15) is 11.5 Å². The summed E-state index contributed by atoms with van der Waals surface area (Å²) in [5, 5.41) is 5.72. The van der Waals surface area contributed by atoms with Crippen LogP contribution in [0.5, 0.6) is 11.5 Å². The van der Waals surface area contributed by atoms with Crippen LogP contribution in [0.2, 0.25) is 0 Å². The van der Waals surface area contributed by atoms with Gasteiger partial charge in [0.25, 0.3) is 11.8 Å². The smallest absolute Gasteiger partial charge is 0.275 e. The van der Waals surface area contributed by atoms with Crippen LogP contribution in [0.15, 0.2) is 18.2 Å². The number of hydrogen-bond donors (Lipinski definition) is 3. The van der Waals surface area contributed by atoms with Gasteiger partial charge in [0.15, 0.2) is 13.1 Å². The predicted octanol–water partition coefficient (Wildman–Crippen LogP) is -0.0781. The first-order valence-electron chi connectivity index (χ1n) is 8.56. The first-order chi connectivity index (χ1) is 11.9. The number of hydrogen-bond acceptors (Lipinski definition) is 4. The minimum Gasteiger partial charge on any atom is -0.497 e. The fourth-order valence-corrected chi connectivity index (χ4v) is 2.57. The second kappa shape index (κ2) is 10.6. The van der Waals surface area contributed by atoms with Gasteiger partial charge in [-0.15, -0.1) is 0 Å². The molecule has 0 aliphatic heterocycles. The minimum atomic E-state index is -0.236. The Balaban J connectivity index is 2.71. The molecule has 0 saturated heterocycles. The monoisotopic (exact) mass is 352 g/mol. The van der Waals surface area contributed by atoms with Crippen molar-refractivity contribution in [3.05, 3.63) is 23.8 Å². The molecule has 0 bridgehead atoms.